The maximum atomic E-state index is 12.9. The molecule has 0 aromatic heterocycles. The van der Waals surface area contributed by atoms with E-state index in [0.717, 1.165) is 0 Å². The minimum absolute atomic E-state index is 0.217. The smallest absolute Gasteiger partial charge is 0.254 e. The van der Waals surface area contributed by atoms with Crippen LogP contribution >= 0.6 is 0 Å². The van der Waals surface area contributed by atoms with E-state index < -0.39 is 11.9 Å². The molecule has 0 spiro atoms. The van der Waals surface area contributed by atoms with Gasteiger partial charge in [-0.05, 0) is 24.6 Å². The molecule has 1 aliphatic rings. The summed E-state index contributed by atoms with van der Waals surface area (Å²) in [5.41, 5.74) is 0.337. The zero-order chi connectivity index (χ0) is 10.8. The third-order valence-corrected chi connectivity index (χ3v) is 2.52. The number of hydrogen-bond acceptors (Lipinski definition) is 2. The van der Waals surface area contributed by atoms with Gasteiger partial charge in [-0.25, -0.2) is 4.39 Å². The van der Waals surface area contributed by atoms with Gasteiger partial charge in [-0.3, -0.25) is 4.79 Å². The van der Waals surface area contributed by atoms with E-state index in [2.05, 4.69) is 0 Å². The number of carbonyl (C=O) groups is 1. The Labute approximate surface area is 87.1 Å². The number of rotatable bonds is 1. The van der Waals surface area contributed by atoms with Crippen molar-refractivity contribution in [3.8, 4) is 0 Å². The zero-order valence-electron chi connectivity index (χ0n) is 8.19. The second-order valence-electron chi connectivity index (χ2n) is 3.70. The Morgan fingerprint density at radius 2 is 2.33 bits per heavy atom. The molecule has 1 heterocycles. The Kier molecular flexibility index (Phi) is 2.68. The van der Waals surface area contributed by atoms with E-state index in [1.165, 1.54) is 18.2 Å². The maximum absolute atomic E-state index is 12.9. The monoisotopic (exact) mass is 209 g/mol. The van der Waals surface area contributed by atoms with Crippen molar-refractivity contribution in [2.75, 3.05) is 13.1 Å². The van der Waals surface area contributed by atoms with Gasteiger partial charge in [0.1, 0.15) is 5.82 Å². The largest absolute Gasteiger partial charge is 0.391 e. The number of benzene rings is 1. The number of aliphatic hydroxyl groups is 1. The van der Waals surface area contributed by atoms with E-state index in [1.54, 1.807) is 11.0 Å². The maximum Gasteiger partial charge on any atom is 0.254 e. The van der Waals surface area contributed by atoms with Crippen LogP contribution < -0.4 is 0 Å². The molecule has 4 heteroatoms. The van der Waals surface area contributed by atoms with Crippen LogP contribution in [0.4, 0.5) is 4.39 Å². The molecular weight excluding hydrogens is 197 g/mol. The van der Waals surface area contributed by atoms with Crippen LogP contribution in [0, 0.1) is 5.82 Å². The summed E-state index contributed by atoms with van der Waals surface area (Å²) in [6, 6.07) is 5.60. The zero-order valence-corrected chi connectivity index (χ0v) is 8.19. The molecule has 15 heavy (non-hydrogen) atoms. The number of likely N-dealkylation sites (tertiary alicyclic amines) is 1. The van der Waals surface area contributed by atoms with E-state index in [9.17, 15) is 14.3 Å². The summed E-state index contributed by atoms with van der Waals surface area (Å²) < 4.78 is 12.9. The first-order chi connectivity index (χ1) is 7.16. The Balaban J connectivity index is 2.14. The standard InChI is InChI=1S/C11H12FNO2/c12-9-3-1-2-8(6-9)11(15)13-5-4-10(14)7-13/h1-3,6,10,14H,4-5,7H2/t10-/m0/s1. The van der Waals surface area contributed by atoms with Gasteiger partial charge in [0.05, 0.1) is 6.10 Å². The molecule has 0 radical (unpaired) electrons. The van der Waals surface area contributed by atoms with E-state index in [0.29, 0.717) is 25.1 Å². The van der Waals surface area contributed by atoms with Gasteiger partial charge in [0.25, 0.3) is 5.91 Å². The van der Waals surface area contributed by atoms with Gasteiger partial charge in [0, 0.05) is 18.7 Å². The first-order valence-electron chi connectivity index (χ1n) is 4.90. The van der Waals surface area contributed by atoms with Crippen molar-refractivity contribution >= 4 is 5.91 Å². The summed E-state index contributed by atoms with van der Waals surface area (Å²) in [4.78, 5) is 13.3. The number of carbonyl (C=O) groups excluding carboxylic acids is 1. The molecule has 1 amide bonds. The molecule has 2 rings (SSSR count). The van der Waals surface area contributed by atoms with E-state index >= 15 is 0 Å². The Hall–Kier alpha value is -1.42. The third kappa shape index (κ3) is 2.15. The van der Waals surface area contributed by atoms with Crippen molar-refractivity contribution in [2.45, 2.75) is 12.5 Å². The second kappa shape index (κ2) is 3.98. The first kappa shape index (κ1) is 10.1. The number of halogens is 1. The average Bonchev–Trinajstić information content (AvgIpc) is 2.64. The van der Waals surface area contributed by atoms with Crippen LogP contribution in [0.3, 0.4) is 0 Å². The lowest BCUT2D eigenvalue weighted by atomic mass is 10.2. The molecule has 1 saturated heterocycles. The quantitative estimate of drug-likeness (QED) is 0.750. The van der Waals surface area contributed by atoms with Crippen molar-refractivity contribution in [1.29, 1.82) is 0 Å². The van der Waals surface area contributed by atoms with Gasteiger partial charge in [-0.2, -0.15) is 0 Å². The number of aliphatic hydroxyl groups excluding tert-OH is 1. The normalized spacial score (nSPS) is 20.7. The van der Waals surface area contributed by atoms with Crippen molar-refractivity contribution in [3.63, 3.8) is 0 Å². The Morgan fingerprint density at radius 3 is 2.93 bits per heavy atom. The fourth-order valence-corrected chi connectivity index (χ4v) is 1.73. The lowest BCUT2D eigenvalue weighted by Crippen LogP contribution is -2.29. The third-order valence-electron chi connectivity index (χ3n) is 2.52. The Bertz CT molecular complexity index is 381. The summed E-state index contributed by atoms with van der Waals surface area (Å²) in [5, 5.41) is 9.28. The minimum Gasteiger partial charge on any atom is -0.391 e. The molecule has 1 fully saturated rings. The molecule has 1 N–H and O–H groups in total. The van der Waals surface area contributed by atoms with Gasteiger partial charge in [0.2, 0.25) is 0 Å². The summed E-state index contributed by atoms with van der Waals surface area (Å²) in [6.07, 6.45) is 0.156. The molecular formula is C11H12FNO2. The fourth-order valence-electron chi connectivity index (χ4n) is 1.73. The summed E-state index contributed by atoms with van der Waals surface area (Å²) in [6.45, 7) is 0.881. The molecule has 0 saturated carbocycles. The highest BCUT2D eigenvalue weighted by molar-refractivity contribution is 5.94. The van der Waals surface area contributed by atoms with E-state index in [-0.39, 0.29) is 5.91 Å². The number of amides is 1. The summed E-state index contributed by atoms with van der Waals surface area (Å²) >= 11 is 0. The van der Waals surface area contributed by atoms with Crippen LogP contribution in [0.15, 0.2) is 24.3 Å². The van der Waals surface area contributed by atoms with Gasteiger partial charge >= 0.3 is 0 Å². The molecule has 1 aliphatic heterocycles. The molecule has 1 aromatic rings. The molecule has 1 aromatic carbocycles. The lowest BCUT2D eigenvalue weighted by molar-refractivity contribution is 0.0764. The van der Waals surface area contributed by atoms with E-state index in [1.807, 2.05) is 0 Å². The predicted molar refractivity (Wildman–Crippen MR) is 52.9 cm³/mol. The van der Waals surface area contributed by atoms with E-state index in [4.69, 9.17) is 0 Å². The SMILES string of the molecule is O=C(c1cccc(F)c1)N1CC[C@H](O)C1. The first-order valence-corrected chi connectivity index (χ1v) is 4.90. The molecule has 1 atom stereocenters. The van der Waals surface area contributed by atoms with Crippen LogP contribution in [0.25, 0.3) is 0 Å². The molecule has 0 unspecified atom stereocenters. The summed E-state index contributed by atoms with van der Waals surface area (Å²) in [5.74, 6) is -0.633. The second-order valence-corrected chi connectivity index (χ2v) is 3.70. The highest BCUT2D eigenvalue weighted by Crippen LogP contribution is 2.14. The van der Waals surface area contributed by atoms with Gasteiger partial charge in [-0.1, -0.05) is 6.07 Å². The number of hydrogen-bond donors (Lipinski definition) is 1. The average molecular weight is 209 g/mol. The minimum atomic E-state index is -0.442. The number of β-amino-alcohol motifs (C(OH)–C–C–N with tert-alkyl or cyclic N) is 1. The Morgan fingerprint density at radius 1 is 1.53 bits per heavy atom. The molecule has 0 aliphatic carbocycles. The topological polar surface area (TPSA) is 40.5 Å². The van der Waals surface area contributed by atoms with Gasteiger partial charge < -0.3 is 10.0 Å². The van der Waals surface area contributed by atoms with Crippen molar-refractivity contribution in [1.82, 2.24) is 4.90 Å². The van der Waals surface area contributed by atoms with Crippen molar-refractivity contribution in [2.24, 2.45) is 0 Å². The molecule has 3 nitrogen and oxygen atoms in total. The highest BCUT2D eigenvalue weighted by atomic mass is 19.1. The van der Waals surface area contributed by atoms with Crippen LogP contribution in [0.5, 0.6) is 0 Å². The van der Waals surface area contributed by atoms with Crippen LogP contribution in [-0.4, -0.2) is 35.1 Å². The summed E-state index contributed by atoms with van der Waals surface area (Å²) in [7, 11) is 0. The predicted octanol–water partition coefficient (Wildman–Crippen LogP) is 1.03. The van der Waals surface area contributed by atoms with Crippen LogP contribution in [0.2, 0.25) is 0 Å². The van der Waals surface area contributed by atoms with Crippen molar-refractivity contribution < 1.29 is 14.3 Å². The lowest BCUT2D eigenvalue weighted by Gasteiger charge is -2.15. The number of nitrogens with zero attached hydrogens (tertiary/aromatic N) is 1. The highest BCUT2D eigenvalue weighted by Gasteiger charge is 2.25. The van der Waals surface area contributed by atoms with Crippen LogP contribution in [-0.2, 0) is 0 Å². The fraction of sp³-hybridized carbons (Fsp3) is 0.364. The van der Waals surface area contributed by atoms with Crippen molar-refractivity contribution in [3.05, 3.63) is 35.6 Å². The van der Waals surface area contributed by atoms with Crippen LogP contribution in [0.1, 0.15) is 16.8 Å². The van der Waals surface area contributed by atoms with Gasteiger partial charge in [0.15, 0.2) is 0 Å². The molecule has 0 bridgehead atoms. The molecule has 80 valence electrons. The van der Waals surface area contributed by atoms with Gasteiger partial charge in [-0.15, -0.1) is 0 Å².